The molecule has 2 aliphatic rings. The standard InChI is InChI=1S/C14H12F2O4S/c15-13(16)18-10-2-1-9(3-6-17)11-12(10)20-14(19-11)4-7-21-8-5-14/h1-3,13H,4-5,7-8H2. The number of benzene rings is 1. The molecule has 7 heteroatoms. The van der Waals surface area contributed by atoms with Gasteiger partial charge in [-0.15, -0.1) is 0 Å². The van der Waals surface area contributed by atoms with Crippen LogP contribution in [0.5, 0.6) is 17.2 Å². The molecule has 21 heavy (non-hydrogen) atoms. The largest absolute Gasteiger partial charge is 0.448 e. The molecule has 0 unspecified atom stereocenters. The van der Waals surface area contributed by atoms with E-state index in [1.54, 1.807) is 17.7 Å². The molecule has 0 amide bonds. The van der Waals surface area contributed by atoms with Crippen LogP contribution < -0.4 is 14.2 Å². The van der Waals surface area contributed by atoms with E-state index >= 15 is 0 Å². The highest BCUT2D eigenvalue weighted by atomic mass is 32.2. The molecule has 2 aliphatic heterocycles. The monoisotopic (exact) mass is 314 g/mol. The van der Waals surface area contributed by atoms with E-state index in [1.165, 1.54) is 18.2 Å². The van der Waals surface area contributed by atoms with Crippen molar-refractivity contribution in [1.82, 2.24) is 0 Å². The first kappa shape index (κ1) is 14.2. The first-order valence-electron chi connectivity index (χ1n) is 6.42. The fraction of sp³-hybridized carbons (Fsp3) is 0.429. The van der Waals surface area contributed by atoms with E-state index in [0.29, 0.717) is 18.4 Å². The molecule has 1 aromatic carbocycles. The highest BCUT2D eigenvalue weighted by molar-refractivity contribution is 7.99. The van der Waals surface area contributed by atoms with Gasteiger partial charge in [0.25, 0.3) is 5.79 Å². The Labute approximate surface area is 124 Å². The van der Waals surface area contributed by atoms with Gasteiger partial charge in [0.15, 0.2) is 11.5 Å². The third-order valence-corrected chi connectivity index (χ3v) is 4.35. The molecule has 0 saturated carbocycles. The maximum absolute atomic E-state index is 12.5. The molecule has 1 fully saturated rings. The summed E-state index contributed by atoms with van der Waals surface area (Å²) in [6, 6.07) is 2.82. The summed E-state index contributed by atoms with van der Waals surface area (Å²) in [7, 11) is 0. The van der Waals surface area contributed by atoms with Crippen molar-refractivity contribution >= 4 is 23.8 Å². The minimum Gasteiger partial charge on any atom is -0.448 e. The summed E-state index contributed by atoms with van der Waals surface area (Å²) < 4.78 is 41.1. The zero-order valence-electron chi connectivity index (χ0n) is 10.9. The van der Waals surface area contributed by atoms with E-state index in [-0.39, 0.29) is 17.2 Å². The number of hydrogen-bond donors (Lipinski definition) is 0. The maximum Gasteiger partial charge on any atom is 0.387 e. The molecule has 0 atom stereocenters. The SMILES string of the molecule is O=C=Cc1ccc(OC(F)F)c2c1OC1(CCSCC1)O2. The van der Waals surface area contributed by atoms with E-state index in [9.17, 15) is 13.6 Å². The second kappa shape index (κ2) is 5.58. The molecule has 3 rings (SSSR count). The molecule has 0 radical (unpaired) electrons. The van der Waals surface area contributed by atoms with Gasteiger partial charge in [-0.25, -0.2) is 4.79 Å². The van der Waals surface area contributed by atoms with Crippen molar-refractivity contribution in [3.05, 3.63) is 17.7 Å². The van der Waals surface area contributed by atoms with Crippen LogP contribution in [-0.4, -0.2) is 29.8 Å². The number of carbonyl (C=O) groups excluding carboxylic acids is 1. The number of rotatable bonds is 3. The second-order valence-corrected chi connectivity index (χ2v) is 5.90. The lowest BCUT2D eigenvalue weighted by Crippen LogP contribution is -2.42. The van der Waals surface area contributed by atoms with Crippen molar-refractivity contribution in [2.75, 3.05) is 11.5 Å². The Morgan fingerprint density at radius 1 is 1.29 bits per heavy atom. The van der Waals surface area contributed by atoms with Crippen LogP contribution in [-0.2, 0) is 4.79 Å². The van der Waals surface area contributed by atoms with Crippen LogP contribution in [0.25, 0.3) is 6.08 Å². The summed E-state index contributed by atoms with van der Waals surface area (Å²) in [6.07, 6.45) is 2.47. The lowest BCUT2D eigenvalue weighted by atomic mass is 10.1. The van der Waals surface area contributed by atoms with Crippen LogP contribution in [0.4, 0.5) is 8.78 Å². The van der Waals surface area contributed by atoms with Crippen LogP contribution in [0.3, 0.4) is 0 Å². The molecule has 4 nitrogen and oxygen atoms in total. The third-order valence-electron chi connectivity index (χ3n) is 3.37. The Balaban J connectivity index is 2.01. The van der Waals surface area contributed by atoms with E-state index in [2.05, 4.69) is 4.74 Å². The lowest BCUT2D eigenvalue weighted by Gasteiger charge is -2.31. The fourth-order valence-electron chi connectivity index (χ4n) is 2.41. The van der Waals surface area contributed by atoms with Crippen molar-refractivity contribution < 1.29 is 27.8 Å². The van der Waals surface area contributed by atoms with Crippen LogP contribution in [0.2, 0.25) is 0 Å². The van der Waals surface area contributed by atoms with Crippen LogP contribution in [0, 0.1) is 0 Å². The minimum atomic E-state index is -2.95. The Hall–Kier alpha value is -1.72. The smallest absolute Gasteiger partial charge is 0.387 e. The summed E-state index contributed by atoms with van der Waals surface area (Å²) in [4.78, 5) is 10.6. The molecule has 0 aliphatic carbocycles. The Bertz CT molecular complexity index is 593. The summed E-state index contributed by atoms with van der Waals surface area (Å²) in [5.74, 6) is 2.85. The van der Waals surface area contributed by atoms with Gasteiger partial charge in [0.1, 0.15) is 5.94 Å². The highest BCUT2D eigenvalue weighted by Gasteiger charge is 2.45. The van der Waals surface area contributed by atoms with E-state index in [1.807, 2.05) is 0 Å². The third kappa shape index (κ3) is 2.71. The van der Waals surface area contributed by atoms with Crippen molar-refractivity contribution in [2.45, 2.75) is 25.2 Å². The number of halogens is 2. The Kier molecular flexibility index (Phi) is 3.78. The maximum atomic E-state index is 12.5. The first-order chi connectivity index (χ1) is 10.1. The van der Waals surface area contributed by atoms with Crippen molar-refractivity contribution in [2.24, 2.45) is 0 Å². The molecule has 0 bridgehead atoms. The second-order valence-electron chi connectivity index (χ2n) is 4.68. The van der Waals surface area contributed by atoms with Gasteiger partial charge >= 0.3 is 6.61 Å². The molecule has 112 valence electrons. The summed E-state index contributed by atoms with van der Waals surface area (Å²) in [5.41, 5.74) is 0.441. The summed E-state index contributed by atoms with van der Waals surface area (Å²) >= 11 is 1.78. The summed E-state index contributed by atoms with van der Waals surface area (Å²) in [6.45, 7) is -2.95. The van der Waals surface area contributed by atoms with Gasteiger partial charge in [0, 0.05) is 36.0 Å². The number of thioether (sulfide) groups is 1. The van der Waals surface area contributed by atoms with Gasteiger partial charge in [0.05, 0.1) is 0 Å². The number of hydrogen-bond acceptors (Lipinski definition) is 5. The number of fused-ring (bicyclic) bond motifs is 1. The van der Waals surface area contributed by atoms with Crippen LogP contribution >= 0.6 is 11.8 Å². The van der Waals surface area contributed by atoms with E-state index in [4.69, 9.17) is 9.47 Å². The van der Waals surface area contributed by atoms with Crippen molar-refractivity contribution in [1.29, 1.82) is 0 Å². The van der Waals surface area contributed by atoms with Gasteiger partial charge in [-0.3, -0.25) is 0 Å². The normalized spacial score (nSPS) is 18.6. The molecule has 0 N–H and O–H groups in total. The molecular formula is C14H12F2O4S. The zero-order chi connectivity index (χ0) is 14.9. The zero-order valence-corrected chi connectivity index (χ0v) is 11.8. The molecule has 1 spiro atoms. The van der Waals surface area contributed by atoms with E-state index in [0.717, 1.165) is 11.5 Å². The van der Waals surface area contributed by atoms with Crippen LogP contribution in [0.1, 0.15) is 18.4 Å². The van der Waals surface area contributed by atoms with Crippen LogP contribution in [0.15, 0.2) is 12.1 Å². The summed E-state index contributed by atoms with van der Waals surface area (Å²) in [5, 5.41) is 0. The Morgan fingerprint density at radius 2 is 2.00 bits per heavy atom. The quantitative estimate of drug-likeness (QED) is 0.802. The minimum absolute atomic E-state index is 0.0850. The first-order valence-corrected chi connectivity index (χ1v) is 7.57. The van der Waals surface area contributed by atoms with Gasteiger partial charge < -0.3 is 14.2 Å². The average molecular weight is 314 g/mol. The molecule has 1 saturated heterocycles. The van der Waals surface area contributed by atoms with Gasteiger partial charge in [-0.05, 0) is 12.1 Å². The lowest BCUT2D eigenvalue weighted by molar-refractivity contribution is -0.0893. The highest BCUT2D eigenvalue weighted by Crippen LogP contribution is 2.51. The molecular weight excluding hydrogens is 302 g/mol. The molecule has 0 aromatic heterocycles. The number of ether oxygens (including phenoxy) is 3. The fourth-order valence-corrected chi connectivity index (χ4v) is 3.52. The predicted octanol–water partition coefficient (Wildman–Crippen LogP) is 3.13. The topological polar surface area (TPSA) is 44.8 Å². The average Bonchev–Trinajstić information content (AvgIpc) is 2.81. The van der Waals surface area contributed by atoms with E-state index < -0.39 is 12.4 Å². The molecule has 2 heterocycles. The van der Waals surface area contributed by atoms with Gasteiger partial charge in [-0.2, -0.15) is 20.5 Å². The van der Waals surface area contributed by atoms with Gasteiger partial charge in [-0.1, -0.05) is 0 Å². The number of alkyl halides is 2. The van der Waals surface area contributed by atoms with Gasteiger partial charge in [0.2, 0.25) is 5.75 Å². The molecule has 1 aromatic rings. The predicted molar refractivity (Wildman–Crippen MR) is 73.8 cm³/mol. The van der Waals surface area contributed by atoms with Crippen molar-refractivity contribution in [3.8, 4) is 17.2 Å². The Morgan fingerprint density at radius 3 is 2.67 bits per heavy atom. The van der Waals surface area contributed by atoms with Crippen molar-refractivity contribution in [3.63, 3.8) is 0 Å².